The Kier molecular flexibility index (Phi) is 4.97. The van der Waals surface area contributed by atoms with E-state index in [9.17, 15) is 9.90 Å². The van der Waals surface area contributed by atoms with Gasteiger partial charge in [0, 0.05) is 49.7 Å². The van der Waals surface area contributed by atoms with Crippen LogP contribution in [0.5, 0.6) is 0 Å². The number of aliphatic hydroxyl groups is 1. The summed E-state index contributed by atoms with van der Waals surface area (Å²) in [6.45, 7) is 7.33. The SMILES string of the molecule is Cc1cccc(-n2c(C)cc(C(=O)NCC3(O)CCOCC3)c2C)c1. The molecule has 2 aromatic rings. The molecule has 0 spiro atoms. The van der Waals surface area contributed by atoms with Gasteiger partial charge in [-0.3, -0.25) is 4.79 Å². The fourth-order valence-corrected chi connectivity index (χ4v) is 3.43. The number of aryl methyl sites for hydroxylation is 2. The number of carbonyl (C=O) groups excluding carboxylic acids is 1. The number of carbonyl (C=O) groups is 1. The smallest absolute Gasteiger partial charge is 0.253 e. The maximum absolute atomic E-state index is 12.6. The van der Waals surface area contributed by atoms with Crippen molar-refractivity contribution in [2.24, 2.45) is 0 Å². The van der Waals surface area contributed by atoms with Crippen LogP contribution >= 0.6 is 0 Å². The van der Waals surface area contributed by atoms with E-state index in [2.05, 4.69) is 28.9 Å². The summed E-state index contributed by atoms with van der Waals surface area (Å²) in [5.41, 5.74) is 3.93. The number of hydrogen-bond acceptors (Lipinski definition) is 3. The lowest BCUT2D eigenvalue weighted by molar-refractivity contribution is -0.0605. The fraction of sp³-hybridized carbons (Fsp3) is 0.450. The minimum absolute atomic E-state index is 0.146. The first-order valence-electron chi connectivity index (χ1n) is 8.74. The first-order chi connectivity index (χ1) is 11.9. The van der Waals surface area contributed by atoms with E-state index in [4.69, 9.17) is 4.74 Å². The quantitative estimate of drug-likeness (QED) is 0.898. The van der Waals surface area contributed by atoms with E-state index in [1.165, 1.54) is 5.56 Å². The molecular formula is C20H26N2O3. The molecule has 0 aliphatic carbocycles. The van der Waals surface area contributed by atoms with Crippen LogP contribution in [-0.2, 0) is 4.74 Å². The van der Waals surface area contributed by atoms with E-state index in [0.29, 0.717) is 31.6 Å². The molecule has 3 rings (SSSR count). The largest absolute Gasteiger partial charge is 0.388 e. The van der Waals surface area contributed by atoms with E-state index in [-0.39, 0.29) is 12.5 Å². The van der Waals surface area contributed by atoms with E-state index < -0.39 is 5.60 Å². The van der Waals surface area contributed by atoms with Crippen molar-refractivity contribution in [2.45, 2.75) is 39.2 Å². The molecule has 25 heavy (non-hydrogen) atoms. The minimum Gasteiger partial charge on any atom is -0.388 e. The zero-order valence-electron chi connectivity index (χ0n) is 15.1. The third-order valence-corrected chi connectivity index (χ3v) is 4.94. The van der Waals surface area contributed by atoms with Gasteiger partial charge in [-0.25, -0.2) is 0 Å². The van der Waals surface area contributed by atoms with Gasteiger partial charge in [0.25, 0.3) is 5.91 Å². The summed E-state index contributed by atoms with van der Waals surface area (Å²) in [5, 5.41) is 13.4. The van der Waals surface area contributed by atoms with Crippen molar-refractivity contribution in [1.29, 1.82) is 0 Å². The lowest BCUT2D eigenvalue weighted by Gasteiger charge is -2.32. The zero-order valence-corrected chi connectivity index (χ0v) is 15.1. The minimum atomic E-state index is -0.865. The van der Waals surface area contributed by atoms with Crippen molar-refractivity contribution < 1.29 is 14.6 Å². The highest BCUT2D eigenvalue weighted by atomic mass is 16.5. The van der Waals surface area contributed by atoms with E-state index in [1.807, 2.05) is 32.0 Å². The van der Waals surface area contributed by atoms with E-state index >= 15 is 0 Å². The van der Waals surface area contributed by atoms with Crippen molar-refractivity contribution >= 4 is 5.91 Å². The van der Waals surface area contributed by atoms with Gasteiger partial charge < -0.3 is 19.7 Å². The summed E-state index contributed by atoms with van der Waals surface area (Å²) >= 11 is 0. The number of nitrogens with one attached hydrogen (secondary N) is 1. The van der Waals surface area contributed by atoms with Gasteiger partial charge >= 0.3 is 0 Å². The van der Waals surface area contributed by atoms with E-state index in [0.717, 1.165) is 17.1 Å². The number of rotatable bonds is 4. The molecular weight excluding hydrogens is 316 g/mol. The van der Waals surface area contributed by atoms with Gasteiger partial charge in [-0.2, -0.15) is 0 Å². The van der Waals surface area contributed by atoms with Gasteiger partial charge in [0.1, 0.15) is 0 Å². The first-order valence-corrected chi connectivity index (χ1v) is 8.74. The number of hydrogen-bond donors (Lipinski definition) is 2. The summed E-state index contributed by atoms with van der Waals surface area (Å²) in [4.78, 5) is 12.6. The Hall–Kier alpha value is -2.11. The topological polar surface area (TPSA) is 63.5 Å². The Balaban J connectivity index is 1.79. The maximum Gasteiger partial charge on any atom is 0.253 e. The summed E-state index contributed by atoms with van der Waals surface area (Å²) in [6.07, 6.45) is 1.10. The molecule has 5 heteroatoms. The predicted molar refractivity (Wildman–Crippen MR) is 97.3 cm³/mol. The van der Waals surface area contributed by atoms with Crippen LogP contribution in [0.4, 0.5) is 0 Å². The molecule has 0 saturated carbocycles. The van der Waals surface area contributed by atoms with Crippen molar-refractivity contribution in [3.63, 3.8) is 0 Å². The lowest BCUT2D eigenvalue weighted by Crippen LogP contribution is -2.46. The first kappa shape index (κ1) is 17.7. The highest BCUT2D eigenvalue weighted by Gasteiger charge is 2.30. The van der Waals surface area contributed by atoms with Crippen molar-refractivity contribution in [3.8, 4) is 5.69 Å². The van der Waals surface area contributed by atoms with Crippen molar-refractivity contribution in [1.82, 2.24) is 9.88 Å². The van der Waals surface area contributed by atoms with Crippen LogP contribution < -0.4 is 5.32 Å². The van der Waals surface area contributed by atoms with Gasteiger partial charge in [0.15, 0.2) is 0 Å². The molecule has 0 unspecified atom stereocenters. The number of amides is 1. The van der Waals surface area contributed by atoms with Gasteiger partial charge in [0.2, 0.25) is 0 Å². The molecule has 0 bridgehead atoms. The van der Waals surface area contributed by atoms with Crippen LogP contribution in [-0.4, -0.2) is 40.9 Å². The Morgan fingerprint density at radius 2 is 1.96 bits per heavy atom. The second kappa shape index (κ2) is 7.02. The summed E-state index contributed by atoms with van der Waals surface area (Å²) in [5.74, 6) is -0.146. The molecule has 1 aromatic heterocycles. The van der Waals surface area contributed by atoms with Gasteiger partial charge in [0.05, 0.1) is 11.2 Å². The van der Waals surface area contributed by atoms with Crippen LogP contribution in [0, 0.1) is 20.8 Å². The molecule has 5 nitrogen and oxygen atoms in total. The monoisotopic (exact) mass is 342 g/mol. The van der Waals surface area contributed by atoms with Crippen LogP contribution in [0.3, 0.4) is 0 Å². The van der Waals surface area contributed by atoms with Crippen LogP contribution in [0.15, 0.2) is 30.3 Å². The summed E-state index contributed by atoms with van der Waals surface area (Å²) in [6, 6.07) is 10.1. The third kappa shape index (κ3) is 3.78. The highest BCUT2D eigenvalue weighted by molar-refractivity contribution is 5.96. The highest BCUT2D eigenvalue weighted by Crippen LogP contribution is 2.23. The summed E-state index contributed by atoms with van der Waals surface area (Å²) < 4.78 is 7.37. The van der Waals surface area contributed by atoms with E-state index in [1.54, 1.807) is 0 Å². The van der Waals surface area contributed by atoms with Gasteiger partial charge in [-0.05, 0) is 44.5 Å². The molecule has 1 aliphatic rings. The second-order valence-electron chi connectivity index (χ2n) is 6.98. The summed E-state index contributed by atoms with van der Waals surface area (Å²) in [7, 11) is 0. The predicted octanol–water partition coefficient (Wildman–Crippen LogP) is 2.67. The Bertz CT molecular complexity index is 773. The molecule has 2 N–H and O–H groups in total. The Morgan fingerprint density at radius 3 is 2.64 bits per heavy atom. The molecule has 1 aliphatic heterocycles. The standard InChI is InChI=1S/C20H26N2O3/c1-14-5-4-6-17(11-14)22-15(2)12-18(16(22)3)19(23)21-13-20(24)7-9-25-10-8-20/h4-6,11-12,24H,7-10,13H2,1-3H3,(H,21,23). The van der Waals surface area contributed by atoms with Gasteiger partial charge in [-0.1, -0.05) is 12.1 Å². The molecule has 134 valence electrons. The number of nitrogens with zero attached hydrogens (tertiary/aromatic N) is 1. The molecule has 1 amide bonds. The Labute approximate surface area is 148 Å². The van der Waals surface area contributed by atoms with Crippen LogP contribution in [0.2, 0.25) is 0 Å². The van der Waals surface area contributed by atoms with Crippen LogP contribution in [0.1, 0.15) is 40.2 Å². The molecule has 1 aromatic carbocycles. The normalized spacial score (nSPS) is 16.6. The fourth-order valence-electron chi connectivity index (χ4n) is 3.43. The van der Waals surface area contributed by atoms with Gasteiger partial charge in [-0.15, -0.1) is 0 Å². The zero-order chi connectivity index (χ0) is 18.0. The second-order valence-corrected chi connectivity index (χ2v) is 6.98. The number of aromatic nitrogens is 1. The maximum atomic E-state index is 12.6. The average Bonchev–Trinajstić information content (AvgIpc) is 2.88. The molecule has 1 fully saturated rings. The molecule has 0 radical (unpaired) electrons. The lowest BCUT2D eigenvalue weighted by atomic mass is 9.94. The number of ether oxygens (including phenoxy) is 1. The molecule has 0 atom stereocenters. The van der Waals surface area contributed by atoms with Crippen molar-refractivity contribution in [2.75, 3.05) is 19.8 Å². The van der Waals surface area contributed by atoms with Crippen LogP contribution in [0.25, 0.3) is 5.69 Å². The Morgan fingerprint density at radius 1 is 1.24 bits per heavy atom. The average molecular weight is 342 g/mol. The molecule has 1 saturated heterocycles. The molecule has 2 heterocycles. The number of benzene rings is 1. The van der Waals surface area contributed by atoms with Crippen molar-refractivity contribution in [3.05, 3.63) is 52.8 Å². The third-order valence-electron chi connectivity index (χ3n) is 4.94.